The predicted octanol–water partition coefficient (Wildman–Crippen LogP) is 3.48. The lowest BCUT2D eigenvalue weighted by atomic mass is 9.92. The van der Waals surface area contributed by atoms with Crippen molar-refractivity contribution in [3.8, 4) is 0 Å². The van der Waals surface area contributed by atoms with E-state index in [1.165, 1.54) is 4.90 Å². The summed E-state index contributed by atoms with van der Waals surface area (Å²) < 4.78 is 10.7. The van der Waals surface area contributed by atoms with Crippen molar-refractivity contribution < 1.29 is 18.8 Å². The summed E-state index contributed by atoms with van der Waals surface area (Å²) in [6, 6.07) is 1.38. The first-order chi connectivity index (χ1) is 11.0. The van der Waals surface area contributed by atoms with E-state index in [9.17, 15) is 9.59 Å². The van der Waals surface area contributed by atoms with E-state index in [-0.39, 0.29) is 17.6 Å². The average molecular weight is 336 g/mol. The lowest BCUT2D eigenvalue weighted by Crippen LogP contribution is -2.43. The van der Waals surface area contributed by atoms with Crippen molar-refractivity contribution in [3.63, 3.8) is 0 Å². The number of carbonyl (C=O) groups excluding carboxylic acids is 2. The van der Waals surface area contributed by atoms with E-state index in [2.05, 4.69) is 5.16 Å². The van der Waals surface area contributed by atoms with Crippen LogP contribution in [0.15, 0.2) is 10.6 Å². The van der Waals surface area contributed by atoms with Crippen LogP contribution in [0.2, 0.25) is 0 Å². The van der Waals surface area contributed by atoms with Gasteiger partial charge in [-0.05, 0) is 33.6 Å². The molecule has 1 atom stereocenters. The van der Waals surface area contributed by atoms with Gasteiger partial charge in [-0.25, -0.2) is 4.79 Å². The highest BCUT2D eigenvalue weighted by molar-refractivity contribution is 5.89. The minimum atomic E-state index is -0.570. The van der Waals surface area contributed by atoms with Gasteiger partial charge in [0.15, 0.2) is 5.78 Å². The number of amides is 1. The van der Waals surface area contributed by atoms with Crippen LogP contribution in [-0.2, 0) is 21.4 Å². The maximum absolute atomic E-state index is 12.6. The third-order valence-electron chi connectivity index (χ3n) is 3.93. The molecule has 2 rings (SSSR count). The standard InChI is InChI=1S/C18H28N2O4/c1-17(2,3)15-11-12(24-19-15)10-14(21)13-8-7-9-20(13)16(22)23-18(4,5)6/h11,13H,7-10H2,1-6H3/t13-/m0/s1. The molecule has 2 heterocycles. The van der Waals surface area contributed by atoms with E-state index < -0.39 is 17.7 Å². The van der Waals surface area contributed by atoms with Gasteiger partial charge in [0.25, 0.3) is 0 Å². The number of ketones is 1. The Balaban J connectivity index is 2.03. The summed E-state index contributed by atoms with van der Waals surface area (Å²) in [6.45, 7) is 12.1. The quantitative estimate of drug-likeness (QED) is 0.845. The van der Waals surface area contributed by atoms with Crippen molar-refractivity contribution in [2.45, 2.75) is 77.9 Å². The first kappa shape index (κ1) is 18.5. The van der Waals surface area contributed by atoms with Crippen molar-refractivity contribution in [1.29, 1.82) is 0 Å². The summed E-state index contributed by atoms with van der Waals surface area (Å²) >= 11 is 0. The van der Waals surface area contributed by atoms with Crippen LogP contribution in [0, 0.1) is 0 Å². The molecule has 0 aliphatic carbocycles. The Bertz CT molecular complexity index is 607. The summed E-state index contributed by atoms with van der Waals surface area (Å²) in [6.07, 6.45) is 1.19. The minimum absolute atomic E-state index is 0.0324. The number of aromatic nitrogens is 1. The molecule has 24 heavy (non-hydrogen) atoms. The second kappa shape index (κ2) is 6.57. The molecule has 0 bridgehead atoms. The minimum Gasteiger partial charge on any atom is -0.444 e. The first-order valence-electron chi connectivity index (χ1n) is 8.46. The molecule has 1 saturated heterocycles. The second-order valence-corrected chi connectivity index (χ2v) is 8.40. The molecule has 0 saturated carbocycles. The molecule has 0 spiro atoms. The number of likely N-dealkylation sites (tertiary alicyclic amines) is 1. The van der Waals surface area contributed by atoms with Gasteiger partial charge in [-0.3, -0.25) is 9.69 Å². The summed E-state index contributed by atoms with van der Waals surface area (Å²) in [5.41, 5.74) is 0.126. The topological polar surface area (TPSA) is 72.6 Å². The van der Waals surface area contributed by atoms with Gasteiger partial charge < -0.3 is 9.26 Å². The number of ether oxygens (including phenoxy) is 1. The Morgan fingerprint density at radius 1 is 1.29 bits per heavy atom. The fourth-order valence-corrected chi connectivity index (χ4v) is 2.68. The predicted molar refractivity (Wildman–Crippen MR) is 89.9 cm³/mol. The molecule has 1 aromatic heterocycles. The van der Waals surface area contributed by atoms with E-state index in [1.807, 2.05) is 47.6 Å². The SMILES string of the molecule is CC(C)(C)OC(=O)N1CCC[C@H]1C(=O)Cc1cc(C(C)(C)C)no1. The molecule has 0 radical (unpaired) electrons. The summed E-state index contributed by atoms with van der Waals surface area (Å²) in [4.78, 5) is 26.4. The van der Waals surface area contributed by atoms with Gasteiger partial charge in [0.2, 0.25) is 0 Å². The lowest BCUT2D eigenvalue weighted by Gasteiger charge is -2.27. The van der Waals surface area contributed by atoms with Crippen molar-refractivity contribution in [3.05, 3.63) is 17.5 Å². The zero-order chi connectivity index (χ0) is 18.1. The van der Waals surface area contributed by atoms with E-state index in [1.54, 1.807) is 0 Å². The summed E-state index contributed by atoms with van der Waals surface area (Å²) in [5, 5.41) is 4.04. The second-order valence-electron chi connectivity index (χ2n) is 8.40. The van der Waals surface area contributed by atoms with Gasteiger partial charge in [-0.1, -0.05) is 25.9 Å². The number of rotatable bonds is 3. The number of carbonyl (C=O) groups is 2. The van der Waals surface area contributed by atoms with Crippen LogP contribution in [0.1, 0.15) is 65.8 Å². The van der Waals surface area contributed by atoms with E-state index in [0.29, 0.717) is 18.7 Å². The zero-order valence-corrected chi connectivity index (χ0v) is 15.5. The van der Waals surface area contributed by atoms with Gasteiger partial charge in [0.05, 0.1) is 18.2 Å². The van der Waals surface area contributed by atoms with Crippen molar-refractivity contribution >= 4 is 11.9 Å². The zero-order valence-electron chi connectivity index (χ0n) is 15.5. The Morgan fingerprint density at radius 2 is 1.96 bits per heavy atom. The Labute approximate surface area is 143 Å². The molecular weight excluding hydrogens is 308 g/mol. The van der Waals surface area contributed by atoms with Crippen molar-refractivity contribution in [2.75, 3.05) is 6.54 Å². The van der Waals surface area contributed by atoms with Crippen LogP contribution in [0.5, 0.6) is 0 Å². The number of Topliss-reactive ketones (excluding diaryl/α,β-unsaturated/α-hetero) is 1. The molecular formula is C18H28N2O4. The van der Waals surface area contributed by atoms with Gasteiger partial charge in [-0.15, -0.1) is 0 Å². The van der Waals surface area contributed by atoms with E-state index in [0.717, 1.165) is 12.1 Å². The smallest absolute Gasteiger partial charge is 0.410 e. The number of nitrogens with zero attached hydrogens (tertiary/aromatic N) is 2. The number of hydrogen-bond acceptors (Lipinski definition) is 5. The molecule has 0 unspecified atom stereocenters. The fourth-order valence-electron chi connectivity index (χ4n) is 2.68. The Morgan fingerprint density at radius 3 is 2.50 bits per heavy atom. The maximum atomic E-state index is 12.6. The lowest BCUT2D eigenvalue weighted by molar-refractivity contribution is -0.123. The molecule has 0 aromatic carbocycles. The third-order valence-corrected chi connectivity index (χ3v) is 3.93. The highest BCUT2D eigenvalue weighted by Gasteiger charge is 2.36. The molecule has 1 aliphatic heterocycles. The van der Waals surface area contributed by atoms with Crippen molar-refractivity contribution in [1.82, 2.24) is 10.1 Å². The van der Waals surface area contributed by atoms with Crippen LogP contribution in [0.3, 0.4) is 0 Å². The monoisotopic (exact) mass is 336 g/mol. The van der Waals surface area contributed by atoms with Crippen LogP contribution in [0.25, 0.3) is 0 Å². The van der Waals surface area contributed by atoms with E-state index >= 15 is 0 Å². The average Bonchev–Trinajstić information content (AvgIpc) is 3.03. The molecule has 1 fully saturated rings. The van der Waals surface area contributed by atoms with Gasteiger partial charge in [0.1, 0.15) is 11.4 Å². The molecule has 1 amide bonds. The largest absolute Gasteiger partial charge is 0.444 e. The summed E-state index contributed by atoms with van der Waals surface area (Å²) in [7, 11) is 0. The third kappa shape index (κ3) is 4.58. The first-order valence-corrected chi connectivity index (χ1v) is 8.46. The van der Waals surface area contributed by atoms with Gasteiger partial charge in [-0.2, -0.15) is 0 Å². The highest BCUT2D eigenvalue weighted by Crippen LogP contribution is 2.25. The van der Waals surface area contributed by atoms with Crippen LogP contribution in [0.4, 0.5) is 4.79 Å². The van der Waals surface area contributed by atoms with Crippen LogP contribution >= 0.6 is 0 Å². The maximum Gasteiger partial charge on any atom is 0.410 e. The number of hydrogen-bond donors (Lipinski definition) is 0. The molecule has 134 valence electrons. The molecule has 0 N–H and O–H groups in total. The van der Waals surface area contributed by atoms with Crippen LogP contribution in [-0.4, -0.2) is 40.1 Å². The van der Waals surface area contributed by atoms with Gasteiger partial charge >= 0.3 is 6.09 Å². The normalized spacial score (nSPS) is 18.8. The highest BCUT2D eigenvalue weighted by atomic mass is 16.6. The van der Waals surface area contributed by atoms with Crippen molar-refractivity contribution in [2.24, 2.45) is 0 Å². The molecule has 6 heteroatoms. The summed E-state index contributed by atoms with van der Waals surface area (Å²) in [5.74, 6) is 0.510. The van der Waals surface area contributed by atoms with Crippen LogP contribution < -0.4 is 0 Å². The Kier molecular flexibility index (Phi) is 5.06. The molecule has 1 aromatic rings. The Hall–Kier alpha value is -1.85. The molecule has 1 aliphatic rings. The fraction of sp³-hybridized carbons (Fsp3) is 0.722. The van der Waals surface area contributed by atoms with Gasteiger partial charge in [0, 0.05) is 18.0 Å². The van der Waals surface area contributed by atoms with E-state index in [4.69, 9.17) is 9.26 Å². The molecule has 6 nitrogen and oxygen atoms in total.